The molecule has 0 saturated carbocycles. The maximum absolute atomic E-state index is 4.08. The van der Waals surface area contributed by atoms with Crippen LogP contribution in [0.2, 0.25) is 0 Å². The molecule has 0 aliphatic carbocycles. The number of hydrogen-bond donors (Lipinski definition) is 1. The second-order valence-corrected chi connectivity index (χ2v) is 5.20. The van der Waals surface area contributed by atoms with Crippen molar-refractivity contribution >= 4 is 0 Å². The Bertz CT molecular complexity index is 473. The van der Waals surface area contributed by atoms with Crippen molar-refractivity contribution in [3.63, 3.8) is 0 Å². The van der Waals surface area contributed by atoms with Crippen molar-refractivity contribution in [2.24, 2.45) is 0 Å². The summed E-state index contributed by atoms with van der Waals surface area (Å²) in [6, 6.07) is 9.64. The molecule has 2 aromatic rings. The molecule has 2 rings (SSSR count). The molecule has 1 heterocycles. The molecule has 0 aliphatic heterocycles. The molecule has 0 radical (unpaired) electrons. The summed E-state index contributed by atoms with van der Waals surface area (Å²) < 4.78 is 2.11. The Morgan fingerprint density at radius 2 is 2.00 bits per heavy atom. The molecule has 1 N–H and O–H groups in total. The van der Waals surface area contributed by atoms with Gasteiger partial charge in [0.05, 0.1) is 6.33 Å². The molecule has 3 nitrogen and oxygen atoms in total. The average molecular weight is 257 g/mol. The number of aromatic nitrogens is 2. The number of hydrogen-bond acceptors (Lipinski definition) is 2. The van der Waals surface area contributed by atoms with Crippen LogP contribution in [0.15, 0.2) is 43.0 Å². The second-order valence-electron chi connectivity index (χ2n) is 5.20. The molecule has 0 fully saturated rings. The Hall–Kier alpha value is -1.61. The molecule has 0 bridgehead atoms. The van der Waals surface area contributed by atoms with E-state index in [9.17, 15) is 0 Å². The molecule has 2 atom stereocenters. The van der Waals surface area contributed by atoms with Gasteiger partial charge in [0.2, 0.25) is 0 Å². The lowest BCUT2D eigenvalue weighted by atomic mass is 10.0. The summed E-state index contributed by atoms with van der Waals surface area (Å²) in [7, 11) is 0. The monoisotopic (exact) mass is 257 g/mol. The van der Waals surface area contributed by atoms with Crippen LogP contribution in [0.4, 0.5) is 0 Å². The van der Waals surface area contributed by atoms with Crippen molar-refractivity contribution in [1.29, 1.82) is 0 Å². The van der Waals surface area contributed by atoms with E-state index in [1.54, 1.807) is 0 Å². The molecule has 0 spiro atoms. The molecule has 2 unspecified atom stereocenters. The fraction of sp³-hybridized carbons (Fsp3) is 0.438. The minimum Gasteiger partial charge on any atom is -0.336 e. The number of nitrogens with zero attached hydrogens (tertiary/aromatic N) is 2. The van der Waals surface area contributed by atoms with Gasteiger partial charge in [-0.05, 0) is 25.8 Å². The van der Waals surface area contributed by atoms with Gasteiger partial charge in [0, 0.05) is 31.0 Å². The summed E-state index contributed by atoms with van der Waals surface area (Å²) in [5.41, 5.74) is 2.68. The van der Waals surface area contributed by atoms with Crippen molar-refractivity contribution < 1.29 is 0 Å². The van der Waals surface area contributed by atoms with Gasteiger partial charge in [-0.25, -0.2) is 4.98 Å². The second kappa shape index (κ2) is 6.53. The highest BCUT2D eigenvalue weighted by atomic mass is 15.1. The topological polar surface area (TPSA) is 29.9 Å². The van der Waals surface area contributed by atoms with E-state index in [-0.39, 0.29) is 0 Å². The highest BCUT2D eigenvalue weighted by Crippen LogP contribution is 2.18. The molecule has 1 aromatic carbocycles. The molecular weight excluding hydrogens is 234 g/mol. The standard InChI is InChI=1S/C16H23N3/c1-4-16(15-7-5-13(2)6-8-15)18-14(3)11-19-10-9-17-12-19/h5-10,12,14,16,18H,4,11H2,1-3H3. The largest absolute Gasteiger partial charge is 0.336 e. The van der Waals surface area contributed by atoms with Crippen molar-refractivity contribution in [3.05, 3.63) is 54.1 Å². The third kappa shape index (κ3) is 3.93. The lowest BCUT2D eigenvalue weighted by molar-refractivity contribution is 0.406. The van der Waals surface area contributed by atoms with Crippen LogP contribution in [0, 0.1) is 6.92 Å². The Labute approximate surface area is 115 Å². The molecule has 0 aliphatic rings. The van der Waals surface area contributed by atoms with E-state index in [0.29, 0.717) is 12.1 Å². The molecule has 19 heavy (non-hydrogen) atoms. The van der Waals surface area contributed by atoms with E-state index in [1.165, 1.54) is 11.1 Å². The molecule has 0 saturated heterocycles. The third-order valence-corrected chi connectivity index (χ3v) is 3.42. The average Bonchev–Trinajstić information content (AvgIpc) is 2.90. The van der Waals surface area contributed by atoms with Gasteiger partial charge in [-0.2, -0.15) is 0 Å². The zero-order valence-corrected chi connectivity index (χ0v) is 12.0. The van der Waals surface area contributed by atoms with Crippen molar-refractivity contribution in [1.82, 2.24) is 14.9 Å². The van der Waals surface area contributed by atoms with Crippen LogP contribution >= 0.6 is 0 Å². The molecule has 3 heteroatoms. The summed E-state index contributed by atoms with van der Waals surface area (Å²) in [4.78, 5) is 4.08. The maximum Gasteiger partial charge on any atom is 0.0946 e. The van der Waals surface area contributed by atoms with E-state index in [1.807, 2.05) is 18.7 Å². The van der Waals surface area contributed by atoms with Gasteiger partial charge < -0.3 is 9.88 Å². The van der Waals surface area contributed by atoms with E-state index in [4.69, 9.17) is 0 Å². The van der Waals surface area contributed by atoms with Crippen LogP contribution in [0.25, 0.3) is 0 Å². The number of benzene rings is 1. The van der Waals surface area contributed by atoms with Gasteiger partial charge in [-0.15, -0.1) is 0 Å². The summed E-state index contributed by atoms with van der Waals surface area (Å²) >= 11 is 0. The van der Waals surface area contributed by atoms with Gasteiger partial charge >= 0.3 is 0 Å². The van der Waals surface area contributed by atoms with Crippen molar-refractivity contribution in [2.45, 2.75) is 45.8 Å². The third-order valence-electron chi connectivity index (χ3n) is 3.42. The number of rotatable bonds is 6. The summed E-state index contributed by atoms with van der Waals surface area (Å²) in [6.07, 6.45) is 6.79. The fourth-order valence-corrected chi connectivity index (χ4v) is 2.36. The van der Waals surface area contributed by atoms with E-state index >= 15 is 0 Å². The number of nitrogens with one attached hydrogen (secondary N) is 1. The predicted octanol–water partition coefficient (Wildman–Crippen LogP) is 3.32. The normalized spacial score (nSPS) is 14.3. The van der Waals surface area contributed by atoms with Gasteiger partial charge in [0.1, 0.15) is 0 Å². The van der Waals surface area contributed by atoms with Crippen molar-refractivity contribution in [3.8, 4) is 0 Å². The quantitative estimate of drug-likeness (QED) is 0.860. The first kappa shape index (κ1) is 13.8. The maximum atomic E-state index is 4.08. The number of aryl methyl sites for hydroxylation is 1. The van der Waals surface area contributed by atoms with Gasteiger partial charge in [-0.3, -0.25) is 0 Å². The Balaban J connectivity index is 1.96. The van der Waals surface area contributed by atoms with E-state index < -0.39 is 0 Å². The zero-order valence-electron chi connectivity index (χ0n) is 12.0. The van der Waals surface area contributed by atoms with E-state index in [2.05, 4.69) is 59.9 Å². The first-order valence-electron chi connectivity index (χ1n) is 6.97. The summed E-state index contributed by atoms with van der Waals surface area (Å²) in [5, 5.41) is 3.69. The first-order valence-corrected chi connectivity index (χ1v) is 6.97. The van der Waals surface area contributed by atoms with Crippen LogP contribution in [-0.4, -0.2) is 15.6 Å². The number of imidazole rings is 1. The summed E-state index contributed by atoms with van der Waals surface area (Å²) in [5.74, 6) is 0. The van der Waals surface area contributed by atoms with Crippen LogP contribution in [0.1, 0.15) is 37.4 Å². The highest BCUT2D eigenvalue weighted by molar-refractivity contribution is 5.24. The Kier molecular flexibility index (Phi) is 4.74. The van der Waals surface area contributed by atoms with Gasteiger partial charge in [0.25, 0.3) is 0 Å². The fourth-order valence-electron chi connectivity index (χ4n) is 2.36. The van der Waals surface area contributed by atoms with Crippen LogP contribution in [0.3, 0.4) is 0 Å². The minimum absolute atomic E-state index is 0.416. The smallest absolute Gasteiger partial charge is 0.0946 e. The first-order chi connectivity index (χ1) is 9.19. The Morgan fingerprint density at radius 1 is 1.26 bits per heavy atom. The SMILES string of the molecule is CCC(NC(C)Cn1ccnc1)c1ccc(C)cc1. The Morgan fingerprint density at radius 3 is 2.58 bits per heavy atom. The zero-order chi connectivity index (χ0) is 13.7. The van der Waals surface area contributed by atoms with E-state index in [0.717, 1.165) is 13.0 Å². The molecular formula is C16H23N3. The van der Waals surface area contributed by atoms with Crippen LogP contribution < -0.4 is 5.32 Å². The van der Waals surface area contributed by atoms with Crippen LogP contribution in [-0.2, 0) is 6.54 Å². The van der Waals surface area contributed by atoms with Gasteiger partial charge in [-0.1, -0.05) is 36.8 Å². The summed E-state index contributed by atoms with van der Waals surface area (Å²) in [6.45, 7) is 7.51. The lowest BCUT2D eigenvalue weighted by Crippen LogP contribution is -2.33. The highest BCUT2D eigenvalue weighted by Gasteiger charge is 2.12. The minimum atomic E-state index is 0.416. The predicted molar refractivity (Wildman–Crippen MR) is 79.0 cm³/mol. The van der Waals surface area contributed by atoms with Crippen LogP contribution in [0.5, 0.6) is 0 Å². The van der Waals surface area contributed by atoms with Gasteiger partial charge in [0.15, 0.2) is 0 Å². The van der Waals surface area contributed by atoms with Crippen molar-refractivity contribution in [2.75, 3.05) is 0 Å². The molecule has 1 aromatic heterocycles. The molecule has 102 valence electrons. The molecule has 0 amide bonds. The lowest BCUT2D eigenvalue weighted by Gasteiger charge is -2.23.